The third-order valence-corrected chi connectivity index (χ3v) is 3.35. The van der Waals surface area contributed by atoms with E-state index in [2.05, 4.69) is 19.2 Å². The zero-order valence-electron chi connectivity index (χ0n) is 11.3. The molecule has 3 atom stereocenters. The van der Waals surface area contributed by atoms with Gasteiger partial charge in [-0.25, -0.2) is 0 Å². The molecule has 0 aromatic carbocycles. The van der Waals surface area contributed by atoms with Gasteiger partial charge in [0.25, 0.3) is 0 Å². The monoisotopic (exact) mass is 257 g/mol. The van der Waals surface area contributed by atoms with Crippen molar-refractivity contribution in [1.29, 1.82) is 0 Å². The number of carboxylic acid groups (broad SMARTS) is 1. The van der Waals surface area contributed by atoms with Crippen molar-refractivity contribution in [2.24, 2.45) is 17.8 Å². The molecule has 0 aromatic rings. The highest BCUT2D eigenvalue weighted by atomic mass is 16.4. The molecule has 18 heavy (non-hydrogen) atoms. The van der Waals surface area contributed by atoms with E-state index < -0.39 is 23.4 Å². The van der Waals surface area contributed by atoms with E-state index in [1.54, 1.807) is 6.92 Å². The Kier molecular flexibility index (Phi) is 4.73. The first-order valence-electron chi connectivity index (χ1n) is 6.46. The number of hydrogen-bond donors (Lipinski definition) is 3. The van der Waals surface area contributed by atoms with E-state index in [0.29, 0.717) is 18.8 Å². The molecule has 0 saturated heterocycles. The average Bonchev–Trinajstić information content (AvgIpc) is 3.03. The van der Waals surface area contributed by atoms with Crippen LogP contribution < -0.4 is 5.32 Å². The second-order valence-corrected chi connectivity index (χ2v) is 5.93. The molecule has 5 nitrogen and oxygen atoms in total. The number of carbonyl (C=O) groups is 2. The lowest BCUT2D eigenvalue weighted by Crippen LogP contribution is -2.41. The van der Waals surface area contributed by atoms with E-state index in [4.69, 9.17) is 5.11 Å². The number of amides is 1. The van der Waals surface area contributed by atoms with Crippen molar-refractivity contribution in [2.45, 2.75) is 45.6 Å². The summed E-state index contributed by atoms with van der Waals surface area (Å²) in [6.07, 6.45) is 1.93. The highest BCUT2D eigenvalue weighted by molar-refractivity contribution is 5.89. The molecule has 5 heteroatoms. The molecule has 1 rings (SSSR count). The third kappa shape index (κ3) is 4.64. The largest absolute Gasteiger partial charge is 0.481 e. The summed E-state index contributed by atoms with van der Waals surface area (Å²) in [5, 5.41) is 21.4. The molecule has 1 aliphatic rings. The summed E-state index contributed by atoms with van der Waals surface area (Å²) in [4.78, 5) is 22.2. The predicted molar refractivity (Wildman–Crippen MR) is 66.9 cm³/mol. The van der Waals surface area contributed by atoms with Crippen LogP contribution in [0.25, 0.3) is 0 Å². The number of rotatable bonds is 7. The van der Waals surface area contributed by atoms with Gasteiger partial charge in [0.05, 0.1) is 17.4 Å². The molecule has 0 aliphatic heterocycles. The number of nitrogens with one attached hydrogen (secondary N) is 1. The first-order valence-corrected chi connectivity index (χ1v) is 6.46. The van der Waals surface area contributed by atoms with Crippen LogP contribution in [0.1, 0.15) is 40.0 Å². The van der Waals surface area contributed by atoms with Gasteiger partial charge >= 0.3 is 5.97 Å². The molecule has 0 aromatic heterocycles. The molecule has 1 fully saturated rings. The maximum Gasteiger partial charge on any atom is 0.307 e. The molecule has 1 aliphatic carbocycles. The quantitative estimate of drug-likeness (QED) is 0.635. The third-order valence-electron chi connectivity index (χ3n) is 3.35. The lowest BCUT2D eigenvalue weighted by molar-refractivity contribution is -0.140. The van der Waals surface area contributed by atoms with Crippen LogP contribution in [0.2, 0.25) is 0 Å². The molecule has 0 heterocycles. The summed E-state index contributed by atoms with van der Waals surface area (Å²) in [5.41, 5.74) is -0.923. The van der Waals surface area contributed by atoms with Crippen LogP contribution in [-0.2, 0) is 9.59 Å². The van der Waals surface area contributed by atoms with Crippen LogP contribution in [0.4, 0.5) is 0 Å². The molecule has 0 spiro atoms. The Bertz CT molecular complexity index is 325. The summed E-state index contributed by atoms with van der Waals surface area (Å²) < 4.78 is 0. The Labute approximate surface area is 108 Å². The molecule has 0 bridgehead atoms. The molecular formula is C13H23NO4. The van der Waals surface area contributed by atoms with Crippen molar-refractivity contribution >= 4 is 11.9 Å². The standard InChI is InChI=1S/C13H23NO4/c1-8(2)4-5-13(3,18)7-14-11(15)9-6-10(9)12(16)17/h8-10,18H,4-7H2,1-3H3,(H,14,15)(H,16,17)/t9-,10+,13+/m1/s1. The van der Waals surface area contributed by atoms with Crippen molar-refractivity contribution < 1.29 is 19.8 Å². The summed E-state index contributed by atoms with van der Waals surface area (Å²) in [7, 11) is 0. The van der Waals surface area contributed by atoms with Gasteiger partial charge in [0, 0.05) is 6.54 Å². The van der Waals surface area contributed by atoms with Gasteiger partial charge in [-0.3, -0.25) is 9.59 Å². The summed E-state index contributed by atoms with van der Waals surface area (Å²) in [5.74, 6) is -1.62. The van der Waals surface area contributed by atoms with Gasteiger partial charge in [-0.2, -0.15) is 0 Å². The van der Waals surface area contributed by atoms with Crippen molar-refractivity contribution in [1.82, 2.24) is 5.32 Å². The van der Waals surface area contributed by atoms with Gasteiger partial charge in [0.1, 0.15) is 0 Å². The van der Waals surface area contributed by atoms with Crippen LogP contribution in [-0.4, -0.2) is 34.2 Å². The average molecular weight is 257 g/mol. The minimum atomic E-state index is -0.923. The number of carboxylic acids is 1. The van der Waals surface area contributed by atoms with Gasteiger partial charge in [-0.15, -0.1) is 0 Å². The van der Waals surface area contributed by atoms with Crippen molar-refractivity contribution in [3.05, 3.63) is 0 Å². The fraction of sp³-hybridized carbons (Fsp3) is 0.846. The summed E-state index contributed by atoms with van der Waals surface area (Å²) in [6, 6.07) is 0. The van der Waals surface area contributed by atoms with Gasteiger partial charge in [0.2, 0.25) is 5.91 Å². The van der Waals surface area contributed by atoms with Gasteiger partial charge in [-0.1, -0.05) is 13.8 Å². The molecule has 1 amide bonds. The van der Waals surface area contributed by atoms with Crippen LogP contribution in [0.3, 0.4) is 0 Å². The Morgan fingerprint density at radius 1 is 1.39 bits per heavy atom. The fourth-order valence-electron chi connectivity index (χ4n) is 1.85. The number of hydrogen-bond acceptors (Lipinski definition) is 3. The number of carbonyl (C=O) groups excluding carboxylic acids is 1. The Hall–Kier alpha value is -1.10. The first kappa shape index (κ1) is 15.0. The smallest absolute Gasteiger partial charge is 0.307 e. The zero-order valence-corrected chi connectivity index (χ0v) is 11.3. The van der Waals surface area contributed by atoms with E-state index >= 15 is 0 Å². The van der Waals surface area contributed by atoms with Crippen molar-refractivity contribution in [3.8, 4) is 0 Å². The molecule has 104 valence electrons. The topological polar surface area (TPSA) is 86.6 Å². The normalized spacial score (nSPS) is 25.6. The molecule has 0 radical (unpaired) electrons. The maximum atomic E-state index is 11.6. The number of aliphatic hydroxyl groups is 1. The molecule has 0 unspecified atom stereocenters. The molecular weight excluding hydrogens is 234 g/mol. The predicted octanol–water partition coefficient (Wildman–Crippen LogP) is 1.01. The molecule has 1 saturated carbocycles. The SMILES string of the molecule is CC(C)CC[C@](C)(O)CNC(=O)[C@@H]1C[C@@H]1C(=O)O. The fourth-order valence-corrected chi connectivity index (χ4v) is 1.85. The van der Waals surface area contributed by atoms with Crippen LogP contribution in [0.15, 0.2) is 0 Å². The Morgan fingerprint density at radius 3 is 2.44 bits per heavy atom. The van der Waals surface area contributed by atoms with Crippen molar-refractivity contribution in [2.75, 3.05) is 6.54 Å². The maximum absolute atomic E-state index is 11.6. The minimum Gasteiger partial charge on any atom is -0.481 e. The van der Waals surface area contributed by atoms with Gasteiger partial charge in [0.15, 0.2) is 0 Å². The lowest BCUT2D eigenvalue weighted by Gasteiger charge is -2.24. The van der Waals surface area contributed by atoms with Crippen LogP contribution >= 0.6 is 0 Å². The van der Waals surface area contributed by atoms with Crippen LogP contribution in [0, 0.1) is 17.8 Å². The van der Waals surface area contributed by atoms with Crippen LogP contribution in [0.5, 0.6) is 0 Å². The Morgan fingerprint density at radius 2 is 2.00 bits per heavy atom. The first-order chi connectivity index (χ1) is 8.23. The molecule has 3 N–H and O–H groups in total. The number of aliphatic carboxylic acids is 1. The van der Waals surface area contributed by atoms with E-state index in [9.17, 15) is 14.7 Å². The Balaban J connectivity index is 2.28. The highest BCUT2D eigenvalue weighted by Crippen LogP contribution is 2.38. The van der Waals surface area contributed by atoms with E-state index in [-0.39, 0.29) is 12.5 Å². The minimum absolute atomic E-state index is 0.182. The lowest BCUT2D eigenvalue weighted by atomic mass is 9.95. The van der Waals surface area contributed by atoms with E-state index in [1.165, 1.54) is 0 Å². The van der Waals surface area contributed by atoms with Crippen molar-refractivity contribution in [3.63, 3.8) is 0 Å². The highest BCUT2D eigenvalue weighted by Gasteiger charge is 2.48. The second kappa shape index (κ2) is 5.69. The second-order valence-electron chi connectivity index (χ2n) is 5.93. The zero-order chi connectivity index (χ0) is 13.9. The summed E-state index contributed by atoms with van der Waals surface area (Å²) >= 11 is 0. The van der Waals surface area contributed by atoms with Gasteiger partial charge < -0.3 is 15.5 Å². The van der Waals surface area contributed by atoms with Gasteiger partial charge in [-0.05, 0) is 32.1 Å². The summed E-state index contributed by atoms with van der Waals surface area (Å²) in [6.45, 7) is 6.03. The van der Waals surface area contributed by atoms with E-state index in [0.717, 1.165) is 6.42 Å². The van der Waals surface area contributed by atoms with E-state index in [1.807, 2.05) is 0 Å².